The normalized spacial score (nSPS) is 28.3. The number of nitrogens with zero attached hydrogens (tertiary/aromatic N) is 1. The Labute approximate surface area is 241 Å². The van der Waals surface area contributed by atoms with E-state index in [4.69, 9.17) is 9.47 Å². The maximum absolute atomic E-state index is 13.7. The molecule has 5 rings (SSSR count). The first-order valence-corrected chi connectivity index (χ1v) is 13.6. The predicted octanol–water partition coefficient (Wildman–Crippen LogP) is 2.97. The topological polar surface area (TPSA) is 157 Å². The van der Waals surface area contributed by atoms with Crippen LogP contribution in [0.5, 0.6) is 5.75 Å². The van der Waals surface area contributed by atoms with Gasteiger partial charge in [0.1, 0.15) is 29.9 Å². The molecule has 2 aliphatic heterocycles. The molecule has 0 aliphatic carbocycles. The summed E-state index contributed by atoms with van der Waals surface area (Å²) >= 11 is 0. The number of aliphatic carboxylic acids is 1. The predicted molar refractivity (Wildman–Crippen MR) is 147 cm³/mol. The second-order valence-corrected chi connectivity index (χ2v) is 10.7. The van der Waals surface area contributed by atoms with Crippen molar-refractivity contribution in [2.45, 2.75) is 62.6 Å². The van der Waals surface area contributed by atoms with Crippen LogP contribution in [0.25, 0.3) is 0 Å². The molecule has 2 fully saturated rings. The van der Waals surface area contributed by atoms with E-state index in [-0.39, 0.29) is 30.5 Å². The van der Waals surface area contributed by atoms with Crippen LogP contribution < -0.4 is 4.90 Å². The molecule has 1 amide bonds. The van der Waals surface area contributed by atoms with E-state index in [1.165, 1.54) is 24.3 Å². The summed E-state index contributed by atoms with van der Waals surface area (Å²) in [5.74, 6) is -2.59. The molecule has 11 heteroatoms. The number of aliphatic hydroxyl groups is 3. The van der Waals surface area contributed by atoms with Gasteiger partial charge in [-0.2, -0.15) is 0 Å². The van der Waals surface area contributed by atoms with Crippen molar-refractivity contribution in [2.75, 3.05) is 4.90 Å². The lowest BCUT2D eigenvalue weighted by Crippen LogP contribution is -2.60. The Morgan fingerprint density at radius 2 is 1.60 bits per heavy atom. The second kappa shape index (κ2) is 12.2. The molecule has 3 aromatic rings. The highest BCUT2D eigenvalue weighted by Crippen LogP contribution is 2.47. The number of phenols is 1. The molecule has 2 saturated heterocycles. The van der Waals surface area contributed by atoms with E-state index in [0.717, 1.165) is 16.8 Å². The molecule has 0 spiro atoms. The number of ether oxygens (including phenoxy) is 2. The van der Waals surface area contributed by atoms with Gasteiger partial charge in [-0.3, -0.25) is 4.79 Å². The van der Waals surface area contributed by atoms with Gasteiger partial charge in [-0.25, -0.2) is 9.18 Å². The summed E-state index contributed by atoms with van der Waals surface area (Å²) < 4.78 is 25.0. The van der Waals surface area contributed by atoms with Gasteiger partial charge >= 0.3 is 5.97 Å². The summed E-state index contributed by atoms with van der Waals surface area (Å²) in [4.78, 5) is 26.8. The molecule has 2 heterocycles. The van der Waals surface area contributed by atoms with Crippen LogP contribution in [0.4, 0.5) is 10.1 Å². The van der Waals surface area contributed by atoms with Gasteiger partial charge in [0.15, 0.2) is 12.4 Å². The number of aryl methyl sites for hydroxylation is 1. The third-order valence-corrected chi connectivity index (χ3v) is 7.85. The minimum atomic E-state index is -1.88. The first-order chi connectivity index (χ1) is 20.0. The zero-order chi connectivity index (χ0) is 30.1. The number of aliphatic hydroxyl groups excluding tert-OH is 3. The molecule has 0 bridgehead atoms. The minimum Gasteiger partial charge on any atom is -0.508 e. The lowest BCUT2D eigenvalue weighted by Gasteiger charge is -2.48. The number of rotatable bonds is 9. The first kappa shape index (κ1) is 29.6. The molecule has 0 saturated carbocycles. The summed E-state index contributed by atoms with van der Waals surface area (Å²) in [5.41, 5.74) is 3.04. The quantitative estimate of drug-likeness (QED) is 0.240. The first-order valence-electron chi connectivity index (χ1n) is 13.6. The Bertz CT molecular complexity index is 1400. The average molecular weight is 582 g/mol. The van der Waals surface area contributed by atoms with Crippen molar-refractivity contribution >= 4 is 17.6 Å². The molecule has 0 aromatic heterocycles. The Kier molecular flexibility index (Phi) is 8.58. The van der Waals surface area contributed by atoms with Crippen LogP contribution in [0.3, 0.4) is 0 Å². The molecule has 222 valence electrons. The van der Waals surface area contributed by atoms with Crippen molar-refractivity contribution < 1.29 is 49.0 Å². The van der Waals surface area contributed by atoms with Gasteiger partial charge in [0, 0.05) is 5.69 Å². The number of β-lactam (4-membered cyclic amide) rings is 1. The number of phenolic OH excluding ortho intramolecular Hbond substituents is 1. The van der Waals surface area contributed by atoms with E-state index >= 15 is 0 Å². The summed E-state index contributed by atoms with van der Waals surface area (Å²) in [6.45, 7) is 1.95. The van der Waals surface area contributed by atoms with E-state index in [1.54, 1.807) is 29.2 Å². The van der Waals surface area contributed by atoms with Gasteiger partial charge in [0.05, 0.1) is 18.1 Å². The standard InChI is InChI=1S/C31H32FNO9/c1-16-2-10-20(11-3-16)33-24(18-6-12-21(34)13-7-18)22(29(33)38)14-15-23(17-4-8-19(32)9-5-17)41-31-27(37)25(35)26(36)28(42-31)30(39)40/h2-13,22-28,31,34-37H,14-15H2,1H3,(H,39,40)/t22?,23-,24?,25-,26-,27+,28-,31?/m0/s1. The van der Waals surface area contributed by atoms with Gasteiger partial charge in [-0.05, 0) is 67.3 Å². The molecule has 3 aromatic carbocycles. The number of aromatic hydroxyl groups is 1. The van der Waals surface area contributed by atoms with Crippen molar-refractivity contribution in [3.05, 3.63) is 95.3 Å². The van der Waals surface area contributed by atoms with E-state index in [0.29, 0.717) is 5.56 Å². The fourth-order valence-corrected chi connectivity index (χ4v) is 5.52. The smallest absolute Gasteiger partial charge is 0.335 e. The average Bonchev–Trinajstić information content (AvgIpc) is 2.97. The SMILES string of the molecule is Cc1ccc(N2C(=O)C(CC[C@H](OC3O[C@H](C(=O)O)[C@@H](O)[C@H](O)[C@H]3O)c3ccc(F)cc3)C2c2ccc(O)cc2)cc1. The largest absolute Gasteiger partial charge is 0.508 e. The third kappa shape index (κ3) is 5.87. The number of benzene rings is 3. The fourth-order valence-electron chi connectivity index (χ4n) is 5.52. The van der Waals surface area contributed by atoms with Crippen molar-refractivity contribution in [1.29, 1.82) is 0 Å². The van der Waals surface area contributed by atoms with Gasteiger partial charge < -0.3 is 39.9 Å². The zero-order valence-electron chi connectivity index (χ0n) is 22.7. The summed E-state index contributed by atoms with van der Waals surface area (Å²) in [7, 11) is 0. The van der Waals surface area contributed by atoms with Gasteiger partial charge in [0.2, 0.25) is 5.91 Å². The maximum atomic E-state index is 13.7. The van der Waals surface area contributed by atoms with E-state index in [2.05, 4.69) is 0 Å². The Balaban J connectivity index is 1.40. The molecule has 10 nitrogen and oxygen atoms in total. The molecule has 5 N–H and O–H groups in total. The van der Waals surface area contributed by atoms with Crippen LogP contribution in [0, 0.1) is 18.7 Å². The van der Waals surface area contributed by atoms with Crippen molar-refractivity contribution in [1.82, 2.24) is 0 Å². The van der Waals surface area contributed by atoms with Crippen LogP contribution in [0.15, 0.2) is 72.8 Å². The number of hydrogen-bond donors (Lipinski definition) is 5. The van der Waals surface area contributed by atoms with Gasteiger partial charge in [-0.1, -0.05) is 42.0 Å². The fraction of sp³-hybridized carbons (Fsp3) is 0.355. The monoisotopic (exact) mass is 581 g/mol. The molecule has 3 unspecified atom stereocenters. The molecular formula is C31H32FNO9. The highest BCUT2D eigenvalue weighted by atomic mass is 19.1. The number of anilines is 1. The van der Waals surface area contributed by atoms with E-state index < -0.39 is 54.5 Å². The summed E-state index contributed by atoms with van der Waals surface area (Å²) in [6.07, 6.45) is -9.42. The Morgan fingerprint density at radius 3 is 2.21 bits per heavy atom. The lowest BCUT2D eigenvalue weighted by molar-refractivity contribution is -0.306. The highest BCUT2D eigenvalue weighted by Gasteiger charge is 2.50. The van der Waals surface area contributed by atoms with Crippen LogP contribution in [-0.4, -0.2) is 68.1 Å². The van der Waals surface area contributed by atoms with Gasteiger partial charge in [0.25, 0.3) is 0 Å². The molecule has 0 radical (unpaired) electrons. The number of carbonyl (C=O) groups is 2. The lowest BCUT2D eigenvalue weighted by atomic mass is 9.78. The molecule has 8 atom stereocenters. The summed E-state index contributed by atoms with van der Waals surface area (Å²) in [6, 6.07) is 19.1. The molecule has 2 aliphatic rings. The number of halogens is 1. The Morgan fingerprint density at radius 1 is 0.952 bits per heavy atom. The third-order valence-electron chi connectivity index (χ3n) is 7.85. The van der Waals surface area contributed by atoms with Crippen LogP contribution in [0.2, 0.25) is 0 Å². The van der Waals surface area contributed by atoms with Crippen molar-refractivity contribution in [3.63, 3.8) is 0 Å². The number of carbonyl (C=O) groups excluding carboxylic acids is 1. The van der Waals surface area contributed by atoms with Crippen molar-refractivity contribution in [2.24, 2.45) is 5.92 Å². The van der Waals surface area contributed by atoms with E-state index in [9.17, 15) is 39.5 Å². The number of carboxylic acids is 1. The summed E-state index contributed by atoms with van der Waals surface area (Å²) in [5, 5.41) is 50.0. The Hall–Kier alpha value is -3.87. The van der Waals surface area contributed by atoms with E-state index in [1.807, 2.05) is 31.2 Å². The minimum absolute atomic E-state index is 0.0885. The molecular weight excluding hydrogens is 549 g/mol. The number of hydrogen-bond acceptors (Lipinski definition) is 8. The van der Waals surface area contributed by atoms with Crippen LogP contribution >= 0.6 is 0 Å². The highest BCUT2D eigenvalue weighted by molar-refractivity contribution is 6.03. The van der Waals surface area contributed by atoms with Gasteiger partial charge in [-0.15, -0.1) is 0 Å². The van der Waals surface area contributed by atoms with Crippen LogP contribution in [0.1, 0.15) is 41.7 Å². The zero-order valence-corrected chi connectivity index (χ0v) is 22.7. The van der Waals surface area contributed by atoms with Crippen LogP contribution in [-0.2, 0) is 19.1 Å². The van der Waals surface area contributed by atoms with Crippen molar-refractivity contribution in [3.8, 4) is 5.75 Å². The number of carboxylic acid groups (broad SMARTS) is 1. The molecule has 42 heavy (non-hydrogen) atoms. The number of amides is 1. The second-order valence-electron chi connectivity index (χ2n) is 10.7. The maximum Gasteiger partial charge on any atom is 0.335 e.